The van der Waals surface area contributed by atoms with Crippen LogP contribution in [0.2, 0.25) is 0 Å². The zero-order chi connectivity index (χ0) is 24.0. The van der Waals surface area contributed by atoms with Crippen molar-refractivity contribution in [3.8, 4) is 0 Å². The fraction of sp³-hybridized carbons (Fsp3) is 0.903. The number of nitrogens with zero attached hydrogens (tertiary/aromatic N) is 2. The van der Waals surface area contributed by atoms with Gasteiger partial charge in [-0.15, -0.1) is 0 Å². The second-order valence-corrected chi connectivity index (χ2v) is 10.8. The highest BCUT2D eigenvalue weighted by molar-refractivity contribution is 5.02. The van der Waals surface area contributed by atoms with Crippen molar-refractivity contribution in [2.45, 2.75) is 181 Å². The summed E-state index contributed by atoms with van der Waals surface area (Å²) in [6.07, 6.45) is 35.0. The molecule has 0 aliphatic heterocycles. The van der Waals surface area contributed by atoms with E-state index in [1.807, 2.05) is 0 Å². The van der Waals surface area contributed by atoms with E-state index in [1.54, 1.807) is 0 Å². The Labute approximate surface area is 208 Å². The van der Waals surface area contributed by atoms with Crippen molar-refractivity contribution in [1.82, 2.24) is 9.55 Å². The van der Waals surface area contributed by atoms with Crippen LogP contribution in [0.4, 0.5) is 0 Å². The molecule has 0 N–H and O–H groups in total. The van der Waals surface area contributed by atoms with Gasteiger partial charge in [0.2, 0.25) is 0 Å². The molecule has 0 aliphatic rings. The van der Waals surface area contributed by atoms with Gasteiger partial charge in [0.25, 0.3) is 0 Å². The molecule has 0 spiro atoms. The largest absolute Gasteiger partial charge is 0.332 e. The molecule has 0 saturated heterocycles. The lowest BCUT2D eigenvalue weighted by atomic mass is 9.94. The van der Waals surface area contributed by atoms with Crippen LogP contribution >= 0.6 is 0 Å². The second-order valence-electron chi connectivity index (χ2n) is 10.8. The summed E-state index contributed by atoms with van der Waals surface area (Å²) >= 11 is 0. The van der Waals surface area contributed by atoms with Gasteiger partial charge in [-0.2, -0.15) is 0 Å². The maximum absolute atomic E-state index is 4.87. The van der Waals surface area contributed by atoms with Crippen LogP contribution in [-0.4, -0.2) is 9.55 Å². The molecule has 1 heterocycles. The standard InChI is InChI=1S/C31H60N2/c1-5-8-10-12-14-15-16-17-19-21-23-26-30(24-7-3)31-32-27-28-33(31)29(4)25-22-20-18-13-11-9-6-2/h27-30H,5-26H2,1-4H3. The van der Waals surface area contributed by atoms with E-state index in [2.05, 4.69) is 44.7 Å². The minimum Gasteiger partial charge on any atom is -0.332 e. The Morgan fingerprint density at radius 1 is 0.576 bits per heavy atom. The van der Waals surface area contributed by atoms with Crippen LogP contribution < -0.4 is 0 Å². The first-order valence-electron chi connectivity index (χ1n) is 15.3. The van der Waals surface area contributed by atoms with Gasteiger partial charge in [-0.05, 0) is 26.2 Å². The van der Waals surface area contributed by atoms with Crippen molar-refractivity contribution in [1.29, 1.82) is 0 Å². The van der Waals surface area contributed by atoms with Gasteiger partial charge in [-0.3, -0.25) is 0 Å². The van der Waals surface area contributed by atoms with Crippen molar-refractivity contribution in [2.75, 3.05) is 0 Å². The van der Waals surface area contributed by atoms with Crippen LogP contribution in [-0.2, 0) is 0 Å². The molecule has 0 fully saturated rings. The number of hydrogen-bond acceptors (Lipinski definition) is 1. The normalized spacial score (nSPS) is 13.5. The third-order valence-electron chi connectivity index (χ3n) is 7.56. The van der Waals surface area contributed by atoms with E-state index in [1.165, 1.54) is 147 Å². The molecule has 0 amide bonds. The fourth-order valence-corrected chi connectivity index (χ4v) is 5.36. The Hall–Kier alpha value is -0.790. The first-order chi connectivity index (χ1) is 16.2. The molecule has 2 unspecified atom stereocenters. The molecule has 0 saturated carbocycles. The summed E-state index contributed by atoms with van der Waals surface area (Å²) in [4.78, 5) is 4.87. The van der Waals surface area contributed by atoms with Crippen LogP contribution in [0.25, 0.3) is 0 Å². The molecular formula is C31H60N2. The minimum absolute atomic E-state index is 0.592. The van der Waals surface area contributed by atoms with Gasteiger partial charge in [0.15, 0.2) is 0 Å². The molecule has 1 aromatic heterocycles. The summed E-state index contributed by atoms with van der Waals surface area (Å²) < 4.78 is 2.52. The van der Waals surface area contributed by atoms with Crippen molar-refractivity contribution < 1.29 is 0 Å². The molecule has 2 heteroatoms. The first kappa shape index (κ1) is 30.2. The predicted molar refractivity (Wildman–Crippen MR) is 148 cm³/mol. The molecular weight excluding hydrogens is 400 g/mol. The molecule has 1 aromatic rings. The minimum atomic E-state index is 0.592. The van der Waals surface area contributed by atoms with Gasteiger partial charge in [-0.1, -0.05) is 143 Å². The van der Waals surface area contributed by atoms with Crippen molar-refractivity contribution in [2.24, 2.45) is 0 Å². The highest BCUT2D eigenvalue weighted by atomic mass is 15.1. The summed E-state index contributed by atoms with van der Waals surface area (Å²) in [5.74, 6) is 2.03. The van der Waals surface area contributed by atoms with Gasteiger partial charge in [0.05, 0.1) is 0 Å². The summed E-state index contributed by atoms with van der Waals surface area (Å²) in [6, 6.07) is 0.592. The molecule has 0 radical (unpaired) electrons. The zero-order valence-electron chi connectivity index (χ0n) is 23.3. The van der Waals surface area contributed by atoms with Gasteiger partial charge < -0.3 is 4.57 Å². The van der Waals surface area contributed by atoms with E-state index >= 15 is 0 Å². The Morgan fingerprint density at radius 2 is 1.03 bits per heavy atom. The van der Waals surface area contributed by atoms with Gasteiger partial charge in [0, 0.05) is 24.4 Å². The summed E-state index contributed by atoms with van der Waals surface area (Å²) in [5, 5.41) is 0. The predicted octanol–water partition coefficient (Wildman–Crippen LogP) is 11.2. The lowest BCUT2D eigenvalue weighted by molar-refractivity contribution is 0.419. The van der Waals surface area contributed by atoms with Crippen LogP contribution in [0.5, 0.6) is 0 Å². The average Bonchev–Trinajstić information content (AvgIpc) is 3.31. The Bertz CT molecular complexity index is 521. The Morgan fingerprint density at radius 3 is 1.52 bits per heavy atom. The van der Waals surface area contributed by atoms with Crippen LogP contribution in [0.1, 0.15) is 187 Å². The Kier molecular flexibility index (Phi) is 19.9. The SMILES string of the molecule is CCCCCCCCCCCCCC(CCC)c1nccn1C(C)CCCCCCCCC. The molecule has 33 heavy (non-hydrogen) atoms. The Balaban J connectivity index is 2.27. The van der Waals surface area contributed by atoms with E-state index in [0.29, 0.717) is 12.0 Å². The molecule has 2 atom stereocenters. The summed E-state index contributed by atoms with van der Waals surface area (Å²) in [6.45, 7) is 9.35. The monoisotopic (exact) mass is 460 g/mol. The van der Waals surface area contributed by atoms with Gasteiger partial charge in [0.1, 0.15) is 5.82 Å². The number of imidazole rings is 1. The van der Waals surface area contributed by atoms with Crippen molar-refractivity contribution >= 4 is 0 Å². The van der Waals surface area contributed by atoms with Crippen molar-refractivity contribution in [3.63, 3.8) is 0 Å². The highest BCUT2D eigenvalue weighted by Gasteiger charge is 2.18. The highest BCUT2D eigenvalue weighted by Crippen LogP contribution is 2.29. The van der Waals surface area contributed by atoms with E-state index in [4.69, 9.17) is 4.98 Å². The zero-order valence-corrected chi connectivity index (χ0v) is 23.3. The number of unbranched alkanes of at least 4 members (excludes halogenated alkanes) is 16. The van der Waals surface area contributed by atoms with Gasteiger partial charge in [-0.25, -0.2) is 4.98 Å². The first-order valence-corrected chi connectivity index (χ1v) is 15.3. The quantitative estimate of drug-likeness (QED) is 0.140. The summed E-state index contributed by atoms with van der Waals surface area (Å²) in [5.41, 5.74) is 0. The molecule has 0 bridgehead atoms. The lowest BCUT2D eigenvalue weighted by Crippen LogP contribution is -2.13. The molecule has 1 rings (SSSR count). The van der Waals surface area contributed by atoms with E-state index in [-0.39, 0.29) is 0 Å². The average molecular weight is 461 g/mol. The van der Waals surface area contributed by atoms with E-state index < -0.39 is 0 Å². The lowest BCUT2D eigenvalue weighted by Gasteiger charge is -2.22. The molecule has 0 aromatic carbocycles. The molecule has 0 aliphatic carbocycles. The fourth-order valence-electron chi connectivity index (χ4n) is 5.36. The van der Waals surface area contributed by atoms with E-state index in [0.717, 1.165) is 0 Å². The third kappa shape index (κ3) is 14.9. The van der Waals surface area contributed by atoms with Crippen molar-refractivity contribution in [3.05, 3.63) is 18.2 Å². The maximum atomic E-state index is 4.87. The van der Waals surface area contributed by atoms with Gasteiger partial charge >= 0.3 is 0 Å². The third-order valence-corrected chi connectivity index (χ3v) is 7.56. The number of aromatic nitrogens is 2. The molecule has 194 valence electrons. The van der Waals surface area contributed by atoms with E-state index in [9.17, 15) is 0 Å². The maximum Gasteiger partial charge on any atom is 0.111 e. The number of hydrogen-bond donors (Lipinski definition) is 0. The molecule has 2 nitrogen and oxygen atoms in total. The van der Waals surface area contributed by atoms with Crippen LogP contribution in [0, 0.1) is 0 Å². The topological polar surface area (TPSA) is 17.8 Å². The smallest absolute Gasteiger partial charge is 0.111 e. The second kappa shape index (κ2) is 21.7. The van der Waals surface area contributed by atoms with Crippen LogP contribution in [0.15, 0.2) is 12.4 Å². The number of rotatable bonds is 24. The van der Waals surface area contributed by atoms with Crippen LogP contribution in [0.3, 0.4) is 0 Å². The summed E-state index contributed by atoms with van der Waals surface area (Å²) in [7, 11) is 0.